The molecule has 1 unspecified atom stereocenters. The van der Waals surface area contributed by atoms with Crippen molar-refractivity contribution in [3.63, 3.8) is 0 Å². The Morgan fingerprint density at radius 2 is 1.45 bits per heavy atom. The number of aryl methyl sites for hydroxylation is 2. The van der Waals surface area contributed by atoms with Crippen LogP contribution in [0.4, 0.5) is 0 Å². The summed E-state index contributed by atoms with van der Waals surface area (Å²) in [5.74, 6) is 1.17. The smallest absolute Gasteiger partial charge is 0.0686 e. The summed E-state index contributed by atoms with van der Waals surface area (Å²) >= 11 is 0. The predicted molar refractivity (Wildman–Crippen MR) is 90.3 cm³/mol. The topological polar surface area (TPSA) is 9.23 Å². The van der Waals surface area contributed by atoms with Crippen LogP contribution < -0.4 is 0 Å². The largest absolute Gasteiger partial charge is 0.377 e. The number of hydrogen-bond donors (Lipinski definition) is 0. The number of ether oxygens (including phenoxy) is 1. The van der Waals surface area contributed by atoms with Gasteiger partial charge in [-0.1, -0.05) is 55.5 Å². The monoisotopic (exact) mass is 292 g/mol. The van der Waals surface area contributed by atoms with Gasteiger partial charge < -0.3 is 4.74 Å². The van der Waals surface area contributed by atoms with Crippen LogP contribution in [0.15, 0.2) is 48.5 Å². The van der Waals surface area contributed by atoms with E-state index in [2.05, 4.69) is 55.5 Å². The molecule has 0 N–H and O–H groups in total. The molecule has 0 bridgehead atoms. The van der Waals surface area contributed by atoms with Gasteiger partial charge in [0, 0.05) is 12.5 Å². The molecule has 2 aromatic rings. The lowest BCUT2D eigenvalue weighted by Crippen LogP contribution is -2.31. The van der Waals surface area contributed by atoms with Crippen LogP contribution in [0, 0.1) is 5.92 Å². The van der Waals surface area contributed by atoms with E-state index in [1.54, 1.807) is 0 Å². The average molecular weight is 292 g/mol. The van der Waals surface area contributed by atoms with E-state index in [4.69, 9.17) is 4.74 Å². The Balaban J connectivity index is 1.83. The van der Waals surface area contributed by atoms with Crippen LogP contribution in [-0.2, 0) is 17.6 Å². The van der Waals surface area contributed by atoms with E-state index in [1.165, 1.54) is 35.1 Å². The standard InChI is InChI=1S/C21H24O/c1-15-12-13-22-20(14-15)21-18-8-4-2-6-16(18)10-11-17-7-3-5-9-19(17)21/h2-9,15,20-21H,10-14H2,1H3/t15-,20?/m0/s1. The highest BCUT2D eigenvalue weighted by Crippen LogP contribution is 2.40. The molecule has 114 valence electrons. The highest BCUT2D eigenvalue weighted by atomic mass is 16.5. The Bertz CT molecular complexity index is 613. The Labute approximate surface area is 133 Å². The van der Waals surface area contributed by atoms with Gasteiger partial charge in [0.25, 0.3) is 0 Å². The van der Waals surface area contributed by atoms with Crippen molar-refractivity contribution in [1.82, 2.24) is 0 Å². The lowest BCUT2D eigenvalue weighted by molar-refractivity contribution is -0.0138. The van der Waals surface area contributed by atoms with Crippen LogP contribution in [0.3, 0.4) is 0 Å². The van der Waals surface area contributed by atoms with E-state index in [0.717, 1.165) is 25.4 Å². The van der Waals surface area contributed by atoms with Crippen LogP contribution in [0.25, 0.3) is 0 Å². The number of hydrogen-bond acceptors (Lipinski definition) is 1. The number of fused-ring (bicyclic) bond motifs is 2. The van der Waals surface area contributed by atoms with Gasteiger partial charge in [0.2, 0.25) is 0 Å². The summed E-state index contributed by atoms with van der Waals surface area (Å²) in [7, 11) is 0. The first-order valence-corrected chi connectivity index (χ1v) is 8.60. The second-order valence-electron chi connectivity index (χ2n) is 6.91. The Morgan fingerprint density at radius 1 is 0.864 bits per heavy atom. The molecular formula is C21H24O. The first-order valence-electron chi connectivity index (χ1n) is 8.60. The second-order valence-corrected chi connectivity index (χ2v) is 6.91. The predicted octanol–water partition coefficient (Wildman–Crippen LogP) is 4.73. The summed E-state index contributed by atoms with van der Waals surface area (Å²) < 4.78 is 6.26. The van der Waals surface area contributed by atoms with E-state index in [0.29, 0.717) is 12.0 Å². The Morgan fingerprint density at radius 3 is 2.05 bits per heavy atom. The second kappa shape index (κ2) is 5.89. The average Bonchev–Trinajstić information content (AvgIpc) is 2.71. The Kier molecular flexibility index (Phi) is 3.75. The molecule has 4 rings (SSSR count). The van der Waals surface area contributed by atoms with Gasteiger partial charge in [-0.15, -0.1) is 0 Å². The van der Waals surface area contributed by atoms with Gasteiger partial charge in [-0.2, -0.15) is 0 Å². The zero-order chi connectivity index (χ0) is 14.9. The summed E-state index contributed by atoms with van der Waals surface area (Å²) in [6.45, 7) is 3.27. The third kappa shape index (κ3) is 2.48. The van der Waals surface area contributed by atoms with Crippen molar-refractivity contribution in [2.75, 3.05) is 6.61 Å². The van der Waals surface area contributed by atoms with E-state index in [-0.39, 0.29) is 0 Å². The van der Waals surface area contributed by atoms with Crippen LogP contribution in [0.5, 0.6) is 0 Å². The first-order chi connectivity index (χ1) is 10.8. The van der Waals surface area contributed by atoms with Crippen molar-refractivity contribution in [2.24, 2.45) is 5.92 Å². The molecule has 0 amide bonds. The van der Waals surface area contributed by atoms with Gasteiger partial charge in [-0.25, -0.2) is 0 Å². The van der Waals surface area contributed by atoms with Crippen LogP contribution >= 0.6 is 0 Å². The molecule has 22 heavy (non-hydrogen) atoms. The van der Waals surface area contributed by atoms with Crippen molar-refractivity contribution in [3.05, 3.63) is 70.8 Å². The van der Waals surface area contributed by atoms with E-state index in [9.17, 15) is 0 Å². The molecule has 1 heterocycles. The van der Waals surface area contributed by atoms with Crippen LogP contribution in [0.2, 0.25) is 0 Å². The van der Waals surface area contributed by atoms with Gasteiger partial charge in [-0.05, 0) is 53.9 Å². The number of rotatable bonds is 1. The molecule has 2 atom stereocenters. The molecule has 0 spiro atoms. The molecule has 1 saturated heterocycles. The minimum absolute atomic E-state index is 0.323. The first kappa shape index (κ1) is 14.0. The maximum Gasteiger partial charge on any atom is 0.0686 e. The zero-order valence-electron chi connectivity index (χ0n) is 13.3. The van der Waals surface area contributed by atoms with Gasteiger partial charge in [-0.3, -0.25) is 0 Å². The number of benzene rings is 2. The molecular weight excluding hydrogens is 268 g/mol. The lowest BCUT2D eigenvalue weighted by atomic mass is 9.79. The minimum Gasteiger partial charge on any atom is -0.377 e. The van der Waals surface area contributed by atoms with Crippen molar-refractivity contribution in [3.8, 4) is 0 Å². The Hall–Kier alpha value is -1.60. The molecule has 0 radical (unpaired) electrons. The van der Waals surface area contributed by atoms with Gasteiger partial charge in [0.05, 0.1) is 6.10 Å². The molecule has 2 aliphatic rings. The lowest BCUT2D eigenvalue weighted by Gasteiger charge is -2.35. The molecule has 1 aliphatic carbocycles. The molecule has 1 heteroatoms. The fourth-order valence-corrected chi connectivity index (χ4v) is 4.20. The van der Waals surface area contributed by atoms with Gasteiger partial charge in [0.15, 0.2) is 0 Å². The highest BCUT2D eigenvalue weighted by molar-refractivity contribution is 5.45. The summed E-state index contributed by atoms with van der Waals surface area (Å²) in [6, 6.07) is 18.0. The third-order valence-corrected chi connectivity index (χ3v) is 5.39. The van der Waals surface area contributed by atoms with Crippen LogP contribution in [-0.4, -0.2) is 12.7 Å². The molecule has 0 aromatic heterocycles. The SMILES string of the molecule is C[C@H]1CCOC(C2c3ccccc3CCc3ccccc32)C1. The van der Waals surface area contributed by atoms with Gasteiger partial charge in [0.1, 0.15) is 0 Å². The fourth-order valence-electron chi connectivity index (χ4n) is 4.20. The van der Waals surface area contributed by atoms with E-state index in [1.807, 2.05) is 0 Å². The highest BCUT2D eigenvalue weighted by Gasteiger charge is 2.33. The fraction of sp³-hybridized carbons (Fsp3) is 0.429. The van der Waals surface area contributed by atoms with Crippen molar-refractivity contribution >= 4 is 0 Å². The van der Waals surface area contributed by atoms with E-state index >= 15 is 0 Å². The summed E-state index contributed by atoms with van der Waals surface area (Å²) in [4.78, 5) is 0. The summed E-state index contributed by atoms with van der Waals surface area (Å²) in [5, 5.41) is 0. The quantitative estimate of drug-likeness (QED) is 0.738. The van der Waals surface area contributed by atoms with Crippen molar-refractivity contribution in [2.45, 2.75) is 44.6 Å². The van der Waals surface area contributed by atoms with Crippen molar-refractivity contribution in [1.29, 1.82) is 0 Å². The minimum atomic E-state index is 0.323. The van der Waals surface area contributed by atoms with Crippen LogP contribution in [0.1, 0.15) is 47.9 Å². The maximum atomic E-state index is 6.26. The maximum absolute atomic E-state index is 6.26. The third-order valence-electron chi connectivity index (χ3n) is 5.39. The van der Waals surface area contributed by atoms with Crippen molar-refractivity contribution < 1.29 is 4.74 Å². The molecule has 0 saturated carbocycles. The zero-order valence-corrected chi connectivity index (χ0v) is 13.3. The summed E-state index contributed by atoms with van der Waals surface area (Å²) in [6.07, 6.45) is 4.99. The molecule has 1 aliphatic heterocycles. The normalized spacial score (nSPS) is 25.1. The summed E-state index contributed by atoms with van der Waals surface area (Å²) in [5.41, 5.74) is 5.99. The molecule has 2 aromatic carbocycles. The van der Waals surface area contributed by atoms with Gasteiger partial charge >= 0.3 is 0 Å². The molecule has 1 fully saturated rings. The van der Waals surface area contributed by atoms with E-state index < -0.39 is 0 Å². The molecule has 1 nitrogen and oxygen atoms in total.